The van der Waals surface area contributed by atoms with Crippen LogP contribution in [0.2, 0.25) is 0 Å². The van der Waals surface area contributed by atoms with Crippen LogP contribution >= 0.6 is 0 Å². The number of ether oxygens (including phenoxy) is 2. The van der Waals surface area contributed by atoms with E-state index in [-0.39, 0.29) is 12.5 Å². The largest absolute Gasteiger partial charge is 0.465 e. The third-order valence-electron chi connectivity index (χ3n) is 3.81. The van der Waals surface area contributed by atoms with Crippen molar-refractivity contribution in [1.29, 1.82) is 0 Å². The molecule has 152 valence electrons. The van der Waals surface area contributed by atoms with E-state index in [2.05, 4.69) is 4.74 Å². The molecule has 1 aliphatic rings. The zero-order chi connectivity index (χ0) is 20.0. The molecule has 0 radical (unpaired) electrons. The Morgan fingerprint density at radius 1 is 1.00 bits per heavy atom. The van der Waals surface area contributed by atoms with Crippen molar-refractivity contribution in [2.45, 2.75) is 68.6 Å². The summed E-state index contributed by atoms with van der Waals surface area (Å²) in [4.78, 5) is 22.9. The van der Waals surface area contributed by atoms with E-state index in [9.17, 15) is 35.6 Å². The molecule has 0 unspecified atom stereocenters. The number of halogens is 4. The van der Waals surface area contributed by atoms with Crippen LogP contribution in [0.5, 0.6) is 0 Å². The Balaban J connectivity index is 2.32. The summed E-state index contributed by atoms with van der Waals surface area (Å²) in [5, 5.41) is -5.71. The van der Waals surface area contributed by atoms with Gasteiger partial charge in [0, 0.05) is 0 Å². The summed E-state index contributed by atoms with van der Waals surface area (Å²) < 4.78 is 90.3. The fraction of sp³-hybridized carbons (Fsp3) is 0.857. The zero-order valence-corrected chi connectivity index (χ0v) is 14.6. The lowest BCUT2D eigenvalue weighted by atomic mass is 9.98. The standard InChI is InChI=1S/C14H20F4O7S/c15-13(16,14(17,18)26(21,22)23)8-9-24-11(19)6-7-12(20)25-10-4-2-1-3-5-10/h10H,1-9H2,(H,21,22,23). The summed E-state index contributed by atoms with van der Waals surface area (Å²) in [6, 6.07) is 0. The summed E-state index contributed by atoms with van der Waals surface area (Å²) in [5.41, 5.74) is 0. The van der Waals surface area contributed by atoms with Gasteiger partial charge in [-0.1, -0.05) is 6.42 Å². The monoisotopic (exact) mass is 408 g/mol. The SMILES string of the molecule is O=C(CCC(=O)OC1CCCCC1)OCCC(F)(F)C(F)(F)S(=O)(=O)O. The van der Waals surface area contributed by atoms with Crippen LogP contribution < -0.4 is 0 Å². The second kappa shape index (κ2) is 8.98. The highest BCUT2D eigenvalue weighted by Gasteiger charge is 2.65. The average Bonchev–Trinajstić information content (AvgIpc) is 2.52. The molecule has 26 heavy (non-hydrogen) atoms. The molecule has 12 heteroatoms. The molecule has 1 N–H and O–H groups in total. The molecule has 1 saturated carbocycles. The van der Waals surface area contributed by atoms with Crippen LogP contribution in [0.1, 0.15) is 51.4 Å². The van der Waals surface area contributed by atoms with Crippen LogP contribution in [0.15, 0.2) is 0 Å². The lowest BCUT2D eigenvalue weighted by Crippen LogP contribution is -2.47. The van der Waals surface area contributed by atoms with Crippen molar-refractivity contribution >= 4 is 22.1 Å². The van der Waals surface area contributed by atoms with Crippen molar-refractivity contribution in [3.63, 3.8) is 0 Å². The van der Waals surface area contributed by atoms with Gasteiger partial charge in [0.2, 0.25) is 0 Å². The molecule has 1 aliphatic carbocycles. The highest BCUT2D eigenvalue weighted by Crippen LogP contribution is 2.40. The molecule has 0 aromatic carbocycles. The molecule has 0 bridgehead atoms. The Bertz CT molecular complexity index is 600. The molecular formula is C14H20F4O7S. The number of esters is 2. The van der Waals surface area contributed by atoms with Crippen molar-refractivity contribution < 1.29 is 49.6 Å². The van der Waals surface area contributed by atoms with E-state index in [4.69, 9.17) is 9.29 Å². The minimum Gasteiger partial charge on any atom is -0.465 e. The van der Waals surface area contributed by atoms with Gasteiger partial charge in [0.15, 0.2) is 0 Å². The second-order valence-electron chi connectivity index (χ2n) is 5.92. The number of rotatable bonds is 9. The van der Waals surface area contributed by atoms with Gasteiger partial charge in [-0.2, -0.15) is 26.0 Å². The second-order valence-corrected chi connectivity index (χ2v) is 7.38. The smallest absolute Gasteiger partial charge is 0.431 e. The van der Waals surface area contributed by atoms with Gasteiger partial charge >= 0.3 is 33.2 Å². The lowest BCUT2D eigenvalue weighted by Gasteiger charge is -2.23. The molecule has 0 aromatic heterocycles. The Kier molecular flexibility index (Phi) is 7.81. The Hall–Kier alpha value is -1.43. The lowest BCUT2D eigenvalue weighted by molar-refractivity contribution is -0.175. The van der Waals surface area contributed by atoms with Gasteiger partial charge in [0.25, 0.3) is 0 Å². The van der Waals surface area contributed by atoms with Crippen molar-refractivity contribution in [3.05, 3.63) is 0 Å². The molecule has 1 rings (SSSR count). The maximum Gasteiger partial charge on any atom is 0.431 e. The molecule has 0 aliphatic heterocycles. The van der Waals surface area contributed by atoms with Crippen LogP contribution in [0.3, 0.4) is 0 Å². The van der Waals surface area contributed by atoms with Gasteiger partial charge < -0.3 is 9.47 Å². The first-order valence-corrected chi connectivity index (χ1v) is 9.38. The van der Waals surface area contributed by atoms with Crippen LogP contribution in [0.25, 0.3) is 0 Å². The van der Waals surface area contributed by atoms with E-state index >= 15 is 0 Å². The summed E-state index contributed by atoms with van der Waals surface area (Å²) in [5.74, 6) is -6.89. The molecule has 0 amide bonds. The molecule has 0 saturated heterocycles. The van der Waals surface area contributed by atoms with Crippen molar-refractivity contribution in [1.82, 2.24) is 0 Å². The van der Waals surface area contributed by atoms with Crippen molar-refractivity contribution in [2.24, 2.45) is 0 Å². The molecular weight excluding hydrogens is 388 g/mol. The molecule has 0 aromatic rings. The maximum atomic E-state index is 13.2. The van der Waals surface area contributed by atoms with E-state index in [1.165, 1.54) is 0 Å². The van der Waals surface area contributed by atoms with Crippen LogP contribution in [-0.2, 0) is 29.2 Å². The highest BCUT2D eigenvalue weighted by atomic mass is 32.2. The van der Waals surface area contributed by atoms with Crippen molar-refractivity contribution in [2.75, 3.05) is 6.61 Å². The number of carbonyl (C=O) groups is 2. The van der Waals surface area contributed by atoms with E-state index in [1.807, 2.05) is 0 Å². The van der Waals surface area contributed by atoms with E-state index in [1.54, 1.807) is 0 Å². The summed E-state index contributed by atoms with van der Waals surface area (Å²) in [6.07, 6.45) is 1.50. The maximum absolute atomic E-state index is 13.2. The average molecular weight is 408 g/mol. The third-order valence-corrected chi connectivity index (χ3v) is 4.76. The van der Waals surface area contributed by atoms with Gasteiger partial charge in [-0.15, -0.1) is 0 Å². The minimum atomic E-state index is -6.33. The Morgan fingerprint density at radius 3 is 2.08 bits per heavy atom. The highest BCUT2D eigenvalue weighted by molar-refractivity contribution is 7.87. The minimum absolute atomic E-state index is 0.214. The summed E-state index contributed by atoms with van der Waals surface area (Å²) in [7, 11) is -6.33. The van der Waals surface area contributed by atoms with E-state index < -0.39 is 52.7 Å². The first kappa shape index (κ1) is 22.6. The van der Waals surface area contributed by atoms with Gasteiger partial charge in [-0.05, 0) is 25.7 Å². The van der Waals surface area contributed by atoms with Crippen LogP contribution in [0, 0.1) is 0 Å². The molecule has 0 atom stereocenters. The first-order valence-electron chi connectivity index (χ1n) is 7.94. The third kappa shape index (κ3) is 6.38. The number of hydrogen-bond donors (Lipinski definition) is 1. The molecule has 7 nitrogen and oxygen atoms in total. The van der Waals surface area contributed by atoms with Crippen LogP contribution in [-0.4, -0.2) is 48.8 Å². The zero-order valence-electron chi connectivity index (χ0n) is 13.8. The number of carbonyl (C=O) groups excluding carboxylic acids is 2. The Morgan fingerprint density at radius 2 is 1.54 bits per heavy atom. The fourth-order valence-electron chi connectivity index (χ4n) is 2.33. The van der Waals surface area contributed by atoms with Crippen molar-refractivity contribution in [3.8, 4) is 0 Å². The van der Waals surface area contributed by atoms with Gasteiger partial charge in [0.1, 0.15) is 6.10 Å². The van der Waals surface area contributed by atoms with Crippen LogP contribution in [0.4, 0.5) is 17.6 Å². The summed E-state index contributed by atoms with van der Waals surface area (Å²) in [6.45, 7) is -1.21. The quantitative estimate of drug-likeness (QED) is 0.355. The molecule has 1 fully saturated rings. The Labute approximate surface area is 147 Å². The number of hydrogen-bond acceptors (Lipinski definition) is 6. The normalized spacial score (nSPS) is 17.0. The molecule has 0 heterocycles. The predicted molar refractivity (Wildman–Crippen MR) is 79.2 cm³/mol. The van der Waals surface area contributed by atoms with Gasteiger partial charge in [-0.25, -0.2) is 0 Å². The van der Waals surface area contributed by atoms with Gasteiger partial charge in [0.05, 0.1) is 25.9 Å². The van der Waals surface area contributed by atoms with E-state index in [0.29, 0.717) is 0 Å². The summed E-state index contributed by atoms with van der Waals surface area (Å²) >= 11 is 0. The van der Waals surface area contributed by atoms with E-state index in [0.717, 1.165) is 32.1 Å². The fourth-order valence-corrected chi connectivity index (χ4v) is 2.81. The predicted octanol–water partition coefficient (Wildman–Crippen LogP) is 2.69. The topological polar surface area (TPSA) is 107 Å². The van der Waals surface area contributed by atoms with Gasteiger partial charge in [-0.3, -0.25) is 14.1 Å². The molecule has 0 spiro atoms. The first-order chi connectivity index (χ1) is 11.9. The number of alkyl halides is 4.